The van der Waals surface area contributed by atoms with Crippen LogP contribution in [-0.4, -0.2) is 45.9 Å². The fourth-order valence-electron chi connectivity index (χ4n) is 1.05. The predicted octanol–water partition coefficient (Wildman–Crippen LogP) is -0.513. The van der Waals surface area contributed by atoms with E-state index in [0.29, 0.717) is 19.4 Å². The Labute approximate surface area is 93.0 Å². The molecule has 0 rings (SSSR count). The Morgan fingerprint density at radius 2 is 2.00 bits per heavy atom. The molecule has 0 aromatic heterocycles. The monoisotopic (exact) mass is 252 g/mol. The number of carboxylic acid groups (broad SMARTS) is 1. The highest BCUT2D eigenvalue weighted by molar-refractivity contribution is 7.51. The van der Waals surface area contributed by atoms with Crippen LogP contribution in [0.4, 0.5) is 0 Å². The second-order valence-electron chi connectivity index (χ2n) is 3.32. The minimum atomic E-state index is -3.96. The Bertz CT molecular complexity index is 276. The van der Waals surface area contributed by atoms with Crippen molar-refractivity contribution in [3.8, 4) is 0 Å². The summed E-state index contributed by atoms with van der Waals surface area (Å²) < 4.78 is 10.5. The zero-order valence-corrected chi connectivity index (χ0v) is 9.52. The van der Waals surface area contributed by atoms with Crippen LogP contribution in [0, 0.1) is 0 Å². The number of nitrogens with one attached hydrogen (secondary N) is 1. The molecule has 1 radical (unpaired) electrons. The number of aliphatic carboxylic acids is 1. The van der Waals surface area contributed by atoms with Gasteiger partial charge in [0.25, 0.3) is 0 Å². The Morgan fingerprint density at radius 1 is 1.38 bits per heavy atom. The van der Waals surface area contributed by atoms with Gasteiger partial charge in [-0.25, -0.2) is 0 Å². The molecule has 0 saturated heterocycles. The summed E-state index contributed by atoms with van der Waals surface area (Å²) in [5.74, 6) is -1.10. The number of carboxylic acids is 1. The van der Waals surface area contributed by atoms with Crippen LogP contribution in [0.25, 0.3) is 0 Å². The van der Waals surface area contributed by atoms with E-state index in [1.54, 1.807) is 6.29 Å². The van der Waals surface area contributed by atoms with Crippen LogP contribution in [0.2, 0.25) is 0 Å². The topological polar surface area (TPSA) is 124 Å². The van der Waals surface area contributed by atoms with Gasteiger partial charge in [-0.05, 0) is 19.4 Å². The van der Waals surface area contributed by atoms with E-state index in [0.717, 1.165) is 0 Å². The molecule has 0 aromatic rings. The third kappa shape index (κ3) is 9.79. The van der Waals surface area contributed by atoms with Crippen LogP contribution in [0.1, 0.15) is 19.3 Å². The fourth-order valence-corrected chi connectivity index (χ4v) is 1.68. The molecule has 0 aliphatic rings. The van der Waals surface area contributed by atoms with E-state index >= 15 is 0 Å². The molecule has 0 fully saturated rings. The highest BCUT2D eigenvalue weighted by Crippen LogP contribution is 2.35. The largest absolute Gasteiger partial charge is 0.481 e. The fraction of sp³-hybridized carbons (Fsp3) is 0.750. The normalized spacial score (nSPS) is 13.4. The maximum absolute atomic E-state index is 10.5. The number of rotatable bonds is 9. The molecule has 1 atom stereocenters. The van der Waals surface area contributed by atoms with E-state index in [2.05, 4.69) is 5.32 Å². The van der Waals surface area contributed by atoms with Crippen LogP contribution in [0.5, 0.6) is 0 Å². The molecule has 0 aromatic carbocycles. The molecule has 93 valence electrons. The van der Waals surface area contributed by atoms with Gasteiger partial charge in [0.15, 0.2) is 0 Å². The van der Waals surface area contributed by atoms with E-state index in [4.69, 9.17) is 14.9 Å². The van der Waals surface area contributed by atoms with Gasteiger partial charge in [-0.3, -0.25) is 14.2 Å². The summed E-state index contributed by atoms with van der Waals surface area (Å²) in [5, 5.41) is 11.0. The van der Waals surface area contributed by atoms with Crippen LogP contribution in [0.3, 0.4) is 0 Å². The minimum absolute atomic E-state index is 0.205. The summed E-state index contributed by atoms with van der Waals surface area (Å²) in [5.41, 5.74) is 0. The van der Waals surface area contributed by atoms with Gasteiger partial charge in [-0.2, -0.15) is 0 Å². The minimum Gasteiger partial charge on any atom is -0.481 e. The zero-order chi connectivity index (χ0) is 12.6. The number of carbonyl (C=O) groups is 1. The average Bonchev–Trinajstić information content (AvgIpc) is 2.13. The lowest BCUT2D eigenvalue weighted by Gasteiger charge is -2.09. The molecule has 7 nitrogen and oxygen atoms in total. The van der Waals surface area contributed by atoms with Crippen LogP contribution in [0.15, 0.2) is 0 Å². The second kappa shape index (κ2) is 7.51. The molecule has 0 spiro atoms. The summed E-state index contributed by atoms with van der Waals surface area (Å²) in [6.07, 6.45) is 1.77. The number of hydrogen-bond acceptors (Lipinski definition) is 4. The van der Waals surface area contributed by atoms with E-state index < -0.39 is 19.6 Å². The molecule has 0 saturated carbocycles. The Balaban J connectivity index is 3.60. The quantitative estimate of drug-likeness (QED) is 0.321. The maximum atomic E-state index is 10.5. The molecular formula is C8H15NO6P. The molecule has 0 aliphatic heterocycles. The molecule has 16 heavy (non-hydrogen) atoms. The Morgan fingerprint density at radius 3 is 2.44 bits per heavy atom. The third-order valence-electron chi connectivity index (χ3n) is 1.79. The molecule has 0 heterocycles. The first-order valence-electron chi connectivity index (χ1n) is 4.72. The molecule has 8 heteroatoms. The summed E-state index contributed by atoms with van der Waals surface area (Å²) in [6, 6.07) is -0.868. The average molecular weight is 252 g/mol. The molecular weight excluding hydrogens is 237 g/mol. The van der Waals surface area contributed by atoms with Crippen molar-refractivity contribution in [2.45, 2.75) is 25.3 Å². The van der Waals surface area contributed by atoms with Gasteiger partial charge in [-0.15, -0.1) is 0 Å². The standard InChI is InChI=1S/C8H15NO6P/c10-6-7(5-8(11)12)9-3-1-2-4-16(13,14)15/h7,9H,1-5H2,(H,11,12)(H2,13,14,15)/t7-/m0/s1. The highest BCUT2D eigenvalue weighted by Gasteiger charge is 2.13. The Hall–Kier alpha value is -0.750. The van der Waals surface area contributed by atoms with Gasteiger partial charge < -0.3 is 20.2 Å². The van der Waals surface area contributed by atoms with Crippen molar-refractivity contribution in [2.75, 3.05) is 12.7 Å². The van der Waals surface area contributed by atoms with Crippen LogP contribution >= 0.6 is 7.60 Å². The van der Waals surface area contributed by atoms with Gasteiger partial charge >= 0.3 is 13.6 Å². The maximum Gasteiger partial charge on any atom is 0.325 e. The number of unbranched alkanes of at least 4 members (excludes halogenated alkanes) is 1. The van der Waals surface area contributed by atoms with Crippen molar-refractivity contribution in [3.05, 3.63) is 0 Å². The van der Waals surface area contributed by atoms with E-state index in [1.165, 1.54) is 0 Å². The second-order valence-corrected chi connectivity index (χ2v) is 5.09. The van der Waals surface area contributed by atoms with Crippen molar-refractivity contribution >= 4 is 19.9 Å². The van der Waals surface area contributed by atoms with Crippen LogP contribution in [-0.2, 0) is 14.2 Å². The molecule has 0 aliphatic carbocycles. The smallest absolute Gasteiger partial charge is 0.325 e. The van der Waals surface area contributed by atoms with E-state index in [-0.39, 0.29) is 12.6 Å². The van der Waals surface area contributed by atoms with Gasteiger partial charge in [0, 0.05) is 6.16 Å². The number of hydrogen-bond donors (Lipinski definition) is 4. The summed E-state index contributed by atoms with van der Waals surface area (Å²) in [7, 11) is -3.96. The van der Waals surface area contributed by atoms with Gasteiger partial charge in [0.1, 0.15) is 0 Å². The lowest BCUT2D eigenvalue weighted by molar-refractivity contribution is -0.137. The Kier molecular flexibility index (Phi) is 7.16. The first-order chi connectivity index (χ1) is 7.35. The van der Waals surface area contributed by atoms with Crippen molar-refractivity contribution in [1.29, 1.82) is 0 Å². The predicted molar refractivity (Wildman–Crippen MR) is 55.9 cm³/mol. The van der Waals surface area contributed by atoms with Gasteiger partial charge in [0.2, 0.25) is 6.29 Å². The zero-order valence-electron chi connectivity index (χ0n) is 8.63. The summed E-state index contributed by atoms with van der Waals surface area (Å²) >= 11 is 0. The lowest BCUT2D eigenvalue weighted by atomic mass is 10.2. The molecule has 0 bridgehead atoms. The summed E-state index contributed by atoms with van der Waals surface area (Å²) in [4.78, 5) is 37.6. The summed E-state index contributed by atoms with van der Waals surface area (Å²) in [6.45, 7) is 0.327. The highest BCUT2D eigenvalue weighted by atomic mass is 31.2. The van der Waals surface area contributed by atoms with Crippen molar-refractivity contribution < 1.29 is 29.0 Å². The first kappa shape index (κ1) is 15.2. The van der Waals surface area contributed by atoms with Crippen molar-refractivity contribution in [3.63, 3.8) is 0 Å². The number of carbonyl (C=O) groups excluding carboxylic acids is 1. The van der Waals surface area contributed by atoms with Crippen molar-refractivity contribution in [1.82, 2.24) is 5.32 Å². The van der Waals surface area contributed by atoms with E-state index in [9.17, 15) is 14.2 Å². The van der Waals surface area contributed by atoms with Gasteiger partial charge in [-0.1, -0.05) is 0 Å². The first-order valence-corrected chi connectivity index (χ1v) is 6.52. The molecule has 0 unspecified atom stereocenters. The molecule has 4 N–H and O–H groups in total. The van der Waals surface area contributed by atoms with Crippen molar-refractivity contribution in [2.24, 2.45) is 0 Å². The van der Waals surface area contributed by atoms with Crippen LogP contribution < -0.4 is 5.32 Å². The lowest BCUT2D eigenvalue weighted by Crippen LogP contribution is -2.33. The van der Waals surface area contributed by atoms with E-state index in [1.807, 2.05) is 0 Å². The van der Waals surface area contributed by atoms with Gasteiger partial charge in [0.05, 0.1) is 12.5 Å². The third-order valence-corrected chi connectivity index (χ3v) is 2.69. The molecule has 0 amide bonds. The SMILES string of the molecule is O=[C][C@H](CC(=O)O)NCCCCP(=O)(O)O.